The molecule has 9 heteroatoms. The van der Waals surface area contributed by atoms with Crippen molar-refractivity contribution in [2.45, 2.75) is 39.2 Å². The van der Waals surface area contributed by atoms with E-state index in [9.17, 15) is 15.2 Å². The van der Waals surface area contributed by atoms with Gasteiger partial charge >= 0.3 is 0 Å². The second-order valence-electron chi connectivity index (χ2n) is 7.36. The second-order valence-corrected chi connectivity index (χ2v) is 8.37. The highest BCUT2D eigenvalue weighted by Crippen LogP contribution is 2.41. The van der Waals surface area contributed by atoms with Gasteiger partial charge in [0.25, 0.3) is 5.69 Å². The zero-order valence-electron chi connectivity index (χ0n) is 15.9. The van der Waals surface area contributed by atoms with Crippen LogP contribution in [0.25, 0.3) is 4.96 Å². The van der Waals surface area contributed by atoms with Crippen molar-refractivity contribution < 1.29 is 10.0 Å². The molecule has 3 aromatic rings. The predicted octanol–water partition coefficient (Wildman–Crippen LogP) is 3.79. The number of hydrogen-bond donors (Lipinski definition) is 1. The molecule has 0 unspecified atom stereocenters. The molecule has 8 nitrogen and oxygen atoms in total. The highest BCUT2D eigenvalue weighted by Gasteiger charge is 2.32. The van der Waals surface area contributed by atoms with E-state index in [0.29, 0.717) is 23.1 Å². The number of nitro groups is 1. The lowest BCUT2D eigenvalue weighted by Crippen LogP contribution is -2.37. The van der Waals surface area contributed by atoms with Gasteiger partial charge in [-0.1, -0.05) is 37.3 Å². The summed E-state index contributed by atoms with van der Waals surface area (Å²) in [5.74, 6) is 1.37. The minimum atomic E-state index is -0.394. The number of aromatic nitrogens is 3. The minimum absolute atomic E-state index is 0.0639. The van der Waals surface area contributed by atoms with Gasteiger partial charge in [-0.3, -0.25) is 15.0 Å². The molecule has 1 aliphatic rings. The smallest absolute Gasteiger partial charge is 0.269 e. The van der Waals surface area contributed by atoms with E-state index in [4.69, 9.17) is 0 Å². The number of rotatable bonds is 5. The summed E-state index contributed by atoms with van der Waals surface area (Å²) in [5, 5.41) is 26.3. The molecule has 1 fully saturated rings. The molecule has 0 bridgehead atoms. The number of hydrogen-bond acceptors (Lipinski definition) is 7. The first-order valence-electron chi connectivity index (χ1n) is 9.53. The quantitative estimate of drug-likeness (QED) is 0.516. The molecule has 0 spiro atoms. The molecule has 1 aliphatic heterocycles. The Bertz CT molecular complexity index is 997. The Morgan fingerprint density at radius 1 is 1.39 bits per heavy atom. The Hall–Kier alpha value is -2.52. The molecule has 0 aliphatic carbocycles. The van der Waals surface area contributed by atoms with E-state index in [1.54, 1.807) is 12.1 Å². The average Bonchev–Trinajstić information content (AvgIpc) is 3.22. The normalized spacial score (nSPS) is 19.1. The van der Waals surface area contributed by atoms with Gasteiger partial charge < -0.3 is 5.11 Å². The van der Waals surface area contributed by atoms with Gasteiger partial charge in [0.2, 0.25) is 10.8 Å². The zero-order chi connectivity index (χ0) is 19.8. The van der Waals surface area contributed by atoms with Crippen molar-refractivity contribution in [3.05, 3.63) is 50.6 Å². The maximum atomic E-state index is 11.0. The van der Waals surface area contributed by atoms with Crippen LogP contribution in [0.2, 0.25) is 0 Å². The lowest BCUT2D eigenvalue weighted by Gasteiger charge is -2.37. The molecule has 1 aromatic carbocycles. The second kappa shape index (κ2) is 7.48. The van der Waals surface area contributed by atoms with E-state index < -0.39 is 4.92 Å². The number of non-ortho nitro benzene ring substituents is 1. The maximum Gasteiger partial charge on any atom is 0.269 e. The van der Waals surface area contributed by atoms with Crippen molar-refractivity contribution in [2.24, 2.45) is 5.92 Å². The predicted molar refractivity (Wildman–Crippen MR) is 107 cm³/mol. The summed E-state index contributed by atoms with van der Waals surface area (Å²) < 4.78 is 1.50. The van der Waals surface area contributed by atoms with E-state index in [0.717, 1.165) is 30.0 Å². The van der Waals surface area contributed by atoms with Crippen molar-refractivity contribution in [1.29, 1.82) is 0 Å². The zero-order valence-corrected chi connectivity index (χ0v) is 16.7. The van der Waals surface area contributed by atoms with Crippen LogP contribution in [0.15, 0.2) is 24.3 Å². The molecule has 28 heavy (non-hydrogen) atoms. The fourth-order valence-corrected chi connectivity index (χ4v) is 5.02. The van der Waals surface area contributed by atoms with E-state index in [-0.39, 0.29) is 17.6 Å². The van der Waals surface area contributed by atoms with Gasteiger partial charge in [0.15, 0.2) is 5.82 Å². The van der Waals surface area contributed by atoms with Gasteiger partial charge in [0.1, 0.15) is 0 Å². The number of piperidine rings is 1. The fourth-order valence-electron chi connectivity index (χ4n) is 3.89. The molecule has 0 amide bonds. The van der Waals surface area contributed by atoms with Gasteiger partial charge in [0.05, 0.1) is 15.8 Å². The lowest BCUT2D eigenvalue weighted by atomic mass is 9.95. The minimum Gasteiger partial charge on any atom is -0.492 e. The van der Waals surface area contributed by atoms with E-state index in [1.165, 1.54) is 34.4 Å². The first-order chi connectivity index (χ1) is 13.5. The third-order valence-electron chi connectivity index (χ3n) is 5.28. The van der Waals surface area contributed by atoms with Crippen LogP contribution in [0.3, 0.4) is 0 Å². The third-order valence-corrected chi connectivity index (χ3v) is 6.35. The first-order valence-corrected chi connectivity index (χ1v) is 10.3. The lowest BCUT2D eigenvalue weighted by molar-refractivity contribution is -0.384. The molecule has 0 radical (unpaired) electrons. The van der Waals surface area contributed by atoms with Crippen LogP contribution in [0.4, 0.5) is 5.69 Å². The van der Waals surface area contributed by atoms with Crippen molar-refractivity contribution >= 4 is 22.0 Å². The van der Waals surface area contributed by atoms with E-state index in [1.807, 2.05) is 6.92 Å². The van der Waals surface area contributed by atoms with Crippen molar-refractivity contribution in [3.63, 3.8) is 0 Å². The number of thiazole rings is 1. The van der Waals surface area contributed by atoms with Gasteiger partial charge in [-0.05, 0) is 30.9 Å². The van der Waals surface area contributed by atoms with Crippen molar-refractivity contribution in [3.8, 4) is 5.88 Å². The van der Waals surface area contributed by atoms with Crippen LogP contribution < -0.4 is 0 Å². The number of aromatic hydroxyl groups is 1. The fraction of sp³-hybridized carbons (Fsp3) is 0.474. The van der Waals surface area contributed by atoms with Gasteiger partial charge in [-0.15, -0.1) is 5.10 Å². The number of nitrogens with zero attached hydrogens (tertiary/aromatic N) is 5. The monoisotopic (exact) mass is 401 g/mol. The molecule has 3 heterocycles. The summed E-state index contributed by atoms with van der Waals surface area (Å²) in [6, 6.07) is 6.45. The Morgan fingerprint density at radius 2 is 2.14 bits per heavy atom. The van der Waals surface area contributed by atoms with Gasteiger partial charge in [-0.25, -0.2) is 4.98 Å². The molecule has 148 valence electrons. The van der Waals surface area contributed by atoms with Gasteiger partial charge in [-0.2, -0.15) is 4.52 Å². The number of aryl methyl sites for hydroxylation is 1. The van der Waals surface area contributed by atoms with Crippen LogP contribution in [0.1, 0.15) is 49.0 Å². The SMILES string of the molecule is CCc1nc2sc([C@@H](c3ccc([N+](=O)[O-])cc3)N3CCC[C@@H](C)C3)c(O)n2n1. The molecule has 2 aromatic heterocycles. The average molecular weight is 401 g/mol. The van der Waals surface area contributed by atoms with Crippen LogP contribution >= 0.6 is 11.3 Å². The van der Waals surface area contributed by atoms with Crippen molar-refractivity contribution in [2.75, 3.05) is 13.1 Å². The largest absolute Gasteiger partial charge is 0.492 e. The first kappa shape index (κ1) is 18.8. The summed E-state index contributed by atoms with van der Waals surface area (Å²) in [6.45, 7) is 6.04. The molecule has 1 N–H and O–H groups in total. The van der Waals surface area contributed by atoms with Gasteiger partial charge in [0, 0.05) is 25.1 Å². The molecule has 2 atom stereocenters. The van der Waals surface area contributed by atoms with Crippen molar-refractivity contribution in [1.82, 2.24) is 19.5 Å². The summed E-state index contributed by atoms with van der Waals surface area (Å²) in [7, 11) is 0. The maximum absolute atomic E-state index is 11.0. The molecular formula is C19H23N5O3S. The Labute approximate surface area is 166 Å². The Balaban J connectivity index is 1.79. The van der Waals surface area contributed by atoms with E-state index in [2.05, 4.69) is 21.9 Å². The number of likely N-dealkylation sites (tertiary alicyclic amines) is 1. The number of fused-ring (bicyclic) bond motifs is 1. The van der Waals surface area contributed by atoms with Crippen LogP contribution in [-0.4, -0.2) is 42.6 Å². The highest BCUT2D eigenvalue weighted by atomic mass is 32.1. The van der Waals surface area contributed by atoms with Crippen LogP contribution in [0.5, 0.6) is 5.88 Å². The Kier molecular flexibility index (Phi) is 5.03. The number of benzene rings is 1. The third kappa shape index (κ3) is 3.35. The summed E-state index contributed by atoms with van der Waals surface area (Å²) in [5.41, 5.74) is 0.990. The van der Waals surface area contributed by atoms with Crippen LogP contribution in [-0.2, 0) is 6.42 Å². The topological polar surface area (TPSA) is 96.8 Å². The summed E-state index contributed by atoms with van der Waals surface area (Å²) in [6.07, 6.45) is 2.98. The standard InChI is InChI=1S/C19H23N5O3S/c1-3-15-20-19-23(21-15)18(25)17(28-19)16(22-10-4-5-12(2)11-22)13-6-8-14(9-7-13)24(26)27/h6-9,12,16,25H,3-5,10-11H2,1-2H3/t12-,16-/m1/s1. The molecule has 1 saturated heterocycles. The molecule has 0 saturated carbocycles. The summed E-state index contributed by atoms with van der Waals surface area (Å²) in [4.78, 5) is 18.9. The number of nitro benzene ring substituents is 1. The molecule has 4 rings (SSSR count). The summed E-state index contributed by atoms with van der Waals surface area (Å²) >= 11 is 1.43. The highest BCUT2D eigenvalue weighted by molar-refractivity contribution is 7.17. The van der Waals surface area contributed by atoms with E-state index >= 15 is 0 Å². The Morgan fingerprint density at radius 3 is 2.75 bits per heavy atom. The van der Waals surface area contributed by atoms with Crippen LogP contribution in [0, 0.1) is 16.0 Å². The molecular weight excluding hydrogens is 378 g/mol.